The second-order valence-corrected chi connectivity index (χ2v) is 7.25. The summed E-state index contributed by atoms with van der Waals surface area (Å²) in [6.45, 7) is 7.18. The summed E-state index contributed by atoms with van der Waals surface area (Å²) in [5.74, 6) is 1.65. The lowest BCUT2D eigenvalue weighted by Gasteiger charge is -2.45. The molecule has 2 fully saturated rings. The molecule has 1 aliphatic heterocycles. The maximum atomic E-state index is 12.3. The minimum Gasteiger partial charge on any atom is -0.354 e. The number of hydrogen-bond acceptors (Lipinski definition) is 3. The molecule has 0 aromatic rings. The Hall–Kier alpha value is -0.610. The Bertz CT molecular complexity index is 341. The van der Waals surface area contributed by atoms with Crippen molar-refractivity contribution in [2.45, 2.75) is 45.1 Å². The third-order valence-electron chi connectivity index (χ3n) is 5.54. The Morgan fingerprint density at radius 1 is 1.45 bits per heavy atom. The molecule has 1 aliphatic carbocycles. The number of hydrogen-bond donors (Lipinski definition) is 2. The summed E-state index contributed by atoms with van der Waals surface area (Å²) in [7, 11) is 4.31. The van der Waals surface area contributed by atoms with Crippen LogP contribution >= 0.6 is 0 Å². The van der Waals surface area contributed by atoms with E-state index in [1.54, 1.807) is 0 Å². The topological polar surface area (TPSA) is 44.4 Å². The number of likely N-dealkylation sites (N-methyl/N-ethyl adjacent to an activating group) is 1. The Labute approximate surface area is 123 Å². The molecule has 116 valence electrons. The molecular weight excluding hydrogens is 250 g/mol. The van der Waals surface area contributed by atoms with Crippen LogP contribution in [-0.2, 0) is 4.79 Å². The van der Waals surface area contributed by atoms with Crippen LogP contribution in [-0.4, -0.2) is 50.1 Å². The van der Waals surface area contributed by atoms with Gasteiger partial charge in [0.2, 0.25) is 5.91 Å². The summed E-state index contributed by atoms with van der Waals surface area (Å²) >= 11 is 0. The van der Waals surface area contributed by atoms with Crippen LogP contribution < -0.4 is 10.6 Å². The molecule has 0 aromatic heterocycles. The van der Waals surface area contributed by atoms with Gasteiger partial charge in [0.15, 0.2) is 0 Å². The fourth-order valence-corrected chi connectivity index (χ4v) is 3.65. The molecule has 1 amide bonds. The predicted octanol–water partition coefficient (Wildman–Crippen LogP) is 1.47. The van der Waals surface area contributed by atoms with Crippen molar-refractivity contribution in [3.8, 4) is 0 Å². The van der Waals surface area contributed by atoms with Gasteiger partial charge >= 0.3 is 0 Å². The van der Waals surface area contributed by atoms with Gasteiger partial charge in [-0.2, -0.15) is 0 Å². The van der Waals surface area contributed by atoms with Crippen molar-refractivity contribution >= 4 is 5.91 Å². The highest BCUT2D eigenvalue weighted by Crippen LogP contribution is 2.35. The Kier molecular flexibility index (Phi) is 5.08. The van der Waals surface area contributed by atoms with Gasteiger partial charge in [0.25, 0.3) is 0 Å². The first-order valence-electron chi connectivity index (χ1n) is 8.10. The molecule has 1 saturated carbocycles. The highest BCUT2D eigenvalue weighted by atomic mass is 16.1. The molecule has 2 rings (SSSR count). The Balaban J connectivity index is 1.90. The monoisotopic (exact) mass is 281 g/mol. The summed E-state index contributed by atoms with van der Waals surface area (Å²) < 4.78 is 0. The molecule has 0 bridgehead atoms. The zero-order valence-corrected chi connectivity index (χ0v) is 13.5. The van der Waals surface area contributed by atoms with E-state index >= 15 is 0 Å². The second kappa shape index (κ2) is 6.44. The van der Waals surface area contributed by atoms with Crippen molar-refractivity contribution < 1.29 is 4.79 Å². The summed E-state index contributed by atoms with van der Waals surface area (Å²) in [5, 5.41) is 6.48. The molecular formula is C16H31N3O. The van der Waals surface area contributed by atoms with Crippen LogP contribution in [0, 0.1) is 17.8 Å². The van der Waals surface area contributed by atoms with Crippen molar-refractivity contribution in [2.75, 3.05) is 33.7 Å². The summed E-state index contributed by atoms with van der Waals surface area (Å²) in [6, 6.07) is 0. The molecule has 3 unspecified atom stereocenters. The van der Waals surface area contributed by atoms with Crippen molar-refractivity contribution in [3.63, 3.8) is 0 Å². The molecule has 4 nitrogen and oxygen atoms in total. The molecule has 20 heavy (non-hydrogen) atoms. The van der Waals surface area contributed by atoms with Crippen LogP contribution in [0.4, 0.5) is 0 Å². The van der Waals surface area contributed by atoms with Gasteiger partial charge in [-0.1, -0.05) is 26.7 Å². The van der Waals surface area contributed by atoms with Gasteiger partial charge < -0.3 is 15.5 Å². The summed E-state index contributed by atoms with van der Waals surface area (Å²) in [5.41, 5.74) is 0.158. The number of nitrogens with zero attached hydrogens (tertiary/aromatic N) is 1. The van der Waals surface area contributed by atoms with Gasteiger partial charge in [0, 0.05) is 18.0 Å². The number of carbonyl (C=O) groups excluding carboxylic acids is 1. The fraction of sp³-hybridized carbons (Fsp3) is 0.938. The molecule has 1 saturated heterocycles. The zero-order valence-electron chi connectivity index (χ0n) is 13.5. The van der Waals surface area contributed by atoms with Crippen LogP contribution in [0.5, 0.6) is 0 Å². The first-order chi connectivity index (χ1) is 9.44. The van der Waals surface area contributed by atoms with Crippen molar-refractivity contribution in [2.24, 2.45) is 17.8 Å². The van der Waals surface area contributed by atoms with Crippen LogP contribution in [0.15, 0.2) is 0 Å². The standard InChI is InChI=1S/C16H31N3O/c1-12-6-5-7-16(8-12,19(3)4)11-18-15(20)13(2)14-9-17-10-14/h12-14,17H,5-11H2,1-4H3,(H,18,20). The molecule has 1 heterocycles. The third-order valence-corrected chi connectivity index (χ3v) is 5.54. The molecule has 0 aromatic carbocycles. The first-order valence-corrected chi connectivity index (χ1v) is 8.10. The van der Waals surface area contributed by atoms with Gasteiger partial charge in [0.1, 0.15) is 0 Å². The van der Waals surface area contributed by atoms with Gasteiger partial charge in [-0.05, 0) is 51.9 Å². The summed E-state index contributed by atoms with van der Waals surface area (Å²) in [6.07, 6.45) is 4.99. The number of nitrogens with one attached hydrogen (secondary N) is 2. The van der Waals surface area contributed by atoms with Gasteiger partial charge in [-0.25, -0.2) is 0 Å². The van der Waals surface area contributed by atoms with Crippen molar-refractivity contribution in [1.82, 2.24) is 15.5 Å². The van der Waals surface area contributed by atoms with Gasteiger partial charge in [-0.3, -0.25) is 4.79 Å². The van der Waals surface area contributed by atoms with Gasteiger partial charge in [0.05, 0.1) is 0 Å². The number of amides is 1. The molecule has 2 N–H and O–H groups in total. The Morgan fingerprint density at radius 3 is 2.65 bits per heavy atom. The highest BCUT2D eigenvalue weighted by Gasteiger charge is 2.38. The molecule has 0 radical (unpaired) electrons. The molecule has 3 atom stereocenters. The minimum atomic E-state index is 0.136. The van der Waals surface area contributed by atoms with E-state index in [0.717, 1.165) is 25.6 Å². The molecule has 0 spiro atoms. The van der Waals surface area contributed by atoms with E-state index in [9.17, 15) is 4.79 Å². The first kappa shape index (κ1) is 15.8. The van der Waals surface area contributed by atoms with E-state index in [2.05, 4.69) is 43.5 Å². The third kappa shape index (κ3) is 3.34. The maximum absolute atomic E-state index is 12.3. The summed E-state index contributed by atoms with van der Waals surface area (Å²) in [4.78, 5) is 14.6. The highest BCUT2D eigenvalue weighted by molar-refractivity contribution is 5.78. The van der Waals surface area contributed by atoms with E-state index in [1.807, 2.05) is 0 Å². The molecule has 2 aliphatic rings. The van der Waals surface area contributed by atoms with Crippen LogP contribution in [0.2, 0.25) is 0 Å². The fourth-order valence-electron chi connectivity index (χ4n) is 3.65. The quantitative estimate of drug-likeness (QED) is 0.802. The SMILES string of the molecule is CC1CCCC(CNC(=O)C(C)C2CNC2)(N(C)C)C1. The Morgan fingerprint density at radius 2 is 2.15 bits per heavy atom. The van der Waals surface area contributed by atoms with Crippen LogP contribution in [0.1, 0.15) is 39.5 Å². The number of rotatable bonds is 5. The van der Waals surface area contributed by atoms with E-state index < -0.39 is 0 Å². The largest absolute Gasteiger partial charge is 0.354 e. The lowest BCUT2D eigenvalue weighted by Crippen LogP contribution is -2.57. The lowest BCUT2D eigenvalue weighted by molar-refractivity contribution is -0.127. The smallest absolute Gasteiger partial charge is 0.223 e. The molecule has 4 heteroatoms. The number of carbonyl (C=O) groups is 1. The maximum Gasteiger partial charge on any atom is 0.223 e. The lowest BCUT2D eigenvalue weighted by atomic mass is 9.75. The zero-order chi connectivity index (χ0) is 14.8. The van der Waals surface area contributed by atoms with Crippen LogP contribution in [0.25, 0.3) is 0 Å². The van der Waals surface area contributed by atoms with E-state index in [4.69, 9.17) is 0 Å². The van der Waals surface area contributed by atoms with E-state index in [1.165, 1.54) is 25.7 Å². The van der Waals surface area contributed by atoms with E-state index in [0.29, 0.717) is 5.92 Å². The van der Waals surface area contributed by atoms with Crippen molar-refractivity contribution in [1.29, 1.82) is 0 Å². The second-order valence-electron chi connectivity index (χ2n) is 7.25. The average molecular weight is 281 g/mol. The van der Waals surface area contributed by atoms with E-state index in [-0.39, 0.29) is 17.4 Å². The van der Waals surface area contributed by atoms with Crippen molar-refractivity contribution in [3.05, 3.63) is 0 Å². The predicted molar refractivity (Wildman–Crippen MR) is 82.6 cm³/mol. The average Bonchev–Trinajstić information content (AvgIpc) is 2.33. The normalized spacial score (nSPS) is 32.8. The minimum absolute atomic E-state index is 0.136. The van der Waals surface area contributed by atoms with Gasteiger partial charge in [-0.15, -0.1) is 0 Å². The van der Waals surface area contributed by atoms with Crippen LogP contribution in [0.3, 0.4) is 0 Å².